The molecule has 0 aromatic heterocycles. The van der Waals surface area contributed by atoms with Gasteiger partial charge in [0.05, 0.1) is 10.1 Å². The Morgan fingerprint density at radius 1 is 1.07 bits per heavy atom. The van der Waals surface area contributed by atoms with Crippen LogP contribution in [0, 0.1) is 13.8 Å². The van der Waals surface area contributed by atoms with Gasteiger partial charge in [-0.3, -0.25) is 4.79 Å². The topological polar surface area (TPSA) is 46.6 Å². The fraction of sp³-hybridized carbons (Fsp3) is 0.391. The predicted octanol–water partition coefficient (Wildman–Crippen LogP) is 4.99. The van der Waals surface area contributed by atoms with E-state index in [-0.39, 0.29) is 12.5 Å². The van der Waals surface area contributed by atoms with Gasteiger partial charge in [0, 0.05) is 13.6 Å². The summed E-state index contributed by atoms with van der Waals surface area (Å²) in [5.41, 5.74) is 5.13. The van der Waals surface area contributed by atoms with Gasteiger partial charge in [-0.2, -0.15) is 0 Å². The second kappa shape index (κ2) is 10.2. The molecule has 2 aromatic rings. The highest BCUT2D eigenvalue weighted by atomic mass is 32.2. The molecule has 29 heavy (non-hydrogen) atoms. The Balaban J connectivity index is 1.50. The summed E-state index contributed by atoms with van der Waals surface area (Å²) in [4.78, 5) is 26.3. The third-order valence-electron chi connectivity index (χ3n) is 4.90. The number of thioether (sulfide) groups is 2. The van der Waals surface area contributed by atoms with Crippen LogP contribution in [0.4, 0.5) is 0 Å². The monoisotopic (exact) mass is 429 g/mol. The molecule has 0 N–H and O–H groups in total. The van der Waals surface area contributed by atoms with E-state index in [1.807, 2.05) is 61.6 Å². The van der Waals surface area contributed by atoms with E-state index in [2.05, 4.69) is 6.07 Å². The summed E-state index contributed by atoms with van der Waals surface area (Å²) in [5, 5.41) is 0. The van der Waals surface area contributed by atoms with Crippen LogP contribution in [0.1, 0.15) is 43.6 Å². The zero-order valence-corrected chi connectivity index (χ0v) is 18.8. The Bertz CT molecular complexity index is 861. The van der Waals surface area contributed by atoms with Crippen LogP contribution in [0.15, 0.2) is 42.5 Å². The summed E-state index contributed by atoms with van der Waals surface area (Å²) in [5.74, 6) is 1.68. The van der Waals surface area contributed by atoms with Gasteiger partial charge in [0.1, 0.15) is 0 Å². The van der Waals surface area contributed by atoms with E-state index in [0.29, 0.717) is 16.7 Å². The summed E-state index contributed by atoms with van der Waals surface area (Å²) < 4.78 is 5.68. The quantitative estimate of drug-likeness (QED) is 0.606. The molecular weight excluding hydrogens is 402 g/mol. The zero-order valence-electron chi connectivity index (χ0n) is 17.1. The number of esters is 1. The van der Waals surface area contributed by atoms with Gasteiger partial charge in [-0.05, 0) is 60.6 Å². The Hall–Kier alpha value is -1.92. The fourth-order valence-electron chi connectivity index (χ4n) is 3.14. The number of benzene rings is 2. The molecule has 1 aliphatic rings. The van der Waals surface area contributed by atoms with E-state index >= 15 is 0 Å². The van der Waals surface area contributed by atoms with Crippen molar-refractivity contribution in [2.24, 2.45) is 0 Å². The fourth-order valence-corrected chi connectivity index (χ4v) is 6.04. The van der Waals surface area contributed by atoms with Gasteiger partial charge < -0.3 is 9.64 Å². The molecule has 1 aliphatic heterocycles. The van der Waals surface area contributed by atoms with Crippen molar-refractivity contribution in [3.05, 3.63) is 70.3 Å². The van der Waals surface area contributed by atoms with Crippen molar-refractivity contribution >= 4 is 35.4 Å². The van der Waals surface area contributed by atoms with Crippen molar-refractivity contribution in [1.82, 2.24) is 4.90 Å². The number of likely N-dealkylation sites (N-methyl/N-ethyl adjacent to an activating group) is 1. The van der Waals surface area contributed by atoms with Gasteiger partial charge in [-0.15, -0.1) is 23.5 Å². The van der Waals surface area contributed by atoms with E-state index in [0.717, 1.165) is 11.1 Å². The number of hydrogen-bond donors (Lipinski definition) is 0. The highest BCUT2D eigenvalue weighted by Gasteiger charge is 2.18. The van der Waals surface area contributed by atoms with Crippen LogP contribution < -0.4 is 0 Å². The molecule has 0 atom stereocenters. The molecule has 3 rings (SSSR count). The minimum Gasteiger partial charge on any atom is -0.452 e. The van der Waals surface area contributed by atoms with E-state index in [1.54, 1.807) is 24.1 Å². The average molecular weight is 430 g/mol. The second-order valence-electron chi connectivity index (χ2n) is 7.30. The van der Waals surface area contributed by atoms with Crippen molar-refractivity contribution < 1.29 is 14.3 Å². The van der Waals surface area contributed by atoms with Gasteiger partial charge in [-0.1, -0.05) is 35.9 Å². The molecule has 0 bridgehead atoms. The smallest absolute Gasteiger partial charge is 0.338 e. The first-order chi connectivity index (χ1) is 13.9. The van der Waals surface area contributed by atoms with Crippen LogP contribution in [-0.2, 0) is 16.1 Å². The molecular formula is C23H27NO3S2. The van der Waals surface area contributed by atoms with Crippen LogP contribution in [0.5, 0.6) is 0 Å². The lowest BCUT2D eigenvalue weighted by molar-refractivity contribution is -0.133. The van der Waals surface area contributed by atoms with Crippen LogP contribution in [0.3, 0.4) is 0 Å². The lowest BCUT2D eigenvalue weighted by Gasteiger charge is -2.21. The van der Waals surface area contributed by atoms with Crippen LogP contribution in [-0.4, -0.2) is 41.9 Å². The van der Waals surface area contributed by atoms with Crippen LogP contribution >= 0.6 is 23.5 Å². The number of rotatable bonds is 6. The summed E-state index contributed by atoms with van der Waals surface area (Å²) in [7, 11) is 1.73. The summed E-state index contributed by atoms with van der Waals surface area (Å²) in [6.07, 6.45) is 1.25. The molecule has 1 heterocycles. The van der Waals surface area contributed by atoms with Crippen molar-refractivity contribution in [2.75, 3.05) is 25.2 Å². The highest BCUT2D eigenvalue weighted by Crippen LogP contribution is 2.43. The maximum atomic E-state index is 12.4. The third kappa shape index (κ3) is 6.03. The lowest BCUT2D eigenvalue weighted by Crippen LogP contribution is -2.31. The first kappa shape index (κ1) is 21.8. The largest absolute Gasteiger partial charge is 0.452 e. The van der Waals surface area contributed by atoms with E-state index in [4.69, 9.17) is 4.74 Å². The number of carbonyl (C=O) groups excluding carboxylic acids is 2. The molecule has 0 aliphatic carbocycles. The van der Waals surface area contributed by atoms with Crippen molar-refractivity contribution in [2.45, 2.75) is 31.4 Å². The second-order valence-corrected chi connectivity index (χ2v) is 10.0. The van der Waals surface area contributed by atoms with E-state index in [9.17, 15) is 9.59 Å². The normalized spacial score (nSPS) is 14.4. The van der Waals surface area contributed by atoms with Crippen LogP contribution in [0.25, 0.3) is 0 Å². The lowest BCUT2D eigenvalue weighted by atomic mass is 10.1. The SMILES string of the molecule is Cc1ccc(CN(C)C(=O)COC(=O)c2ccc(C3SCCCS3)cc2)c(C)c1. The number of hydrogen-bond acceptors (Lipinski definition) is 5. The van der Waals surface area contributed by atoms with E-state index in [1.165, 1.54) is 29.1 Å². The van der Waals surface area contributed by atoms with Crippen molar-refractivity contribution in [3.63, 3.8) is 0 Å². The number of carbonyl (C=O) groups is 2. The molecule has 1 fully saturated rings. The summed E-state index contributed by atoms with van der Waals surface area (Å²) >= 11 is 3.89. The molecule has 0 radical (unpaired) electrons. The highest BCUT2D eigenvalue weighted by molar-refractivity contribution is 8.16. The Labute approximate surface area is 181 Å². The average Bonchev–Trinajstić information content (AvgIpc) is 2.74. The molecule has 1 saturated heterocycles. The molecule has 1 amide bonds. The summed E-state index contributed by atoms with van der Waals surface area (Å²) in [6, 6.07) is 13.7. The Morgan fingerprint density at radius 2 is 1.76 bits per heavy atom. The molecule has 0 saturated carbocycles. The van der Waals surface area contributed by atoms with E-state index < -0.39 is 5.97 Å². The van der Waals surface area contributed by atoms with Gasteiger partial charge in [-0.25, -0.2) is 4.79 Å². The zero-order chi connectivity index (χ0) is 20.8. The van der Waals surface area contributed by atoms with Crippen molar-refractivity contribution in [3.8, 4) is 0 Å². The summed E-state index contributed by atoms with van der Waals surface area (Å²) in [6.45, 7) is 4.32. The molecule has 0 spiro atoms. The maximum Gasteiger partial charge on any atom is 0.338 e. The third-order valence-corrected chi connectivity index (χ3v) is 7.92. The molecule has 154 valence electrons. The number of ether oxygens (including phenoxy) is 1. The van der Waals surface area contributed by atoms with Gasteiger partial charge in [0.2, 0.25) is 0 Å². The predicted molar refractivity (Wildman–Crippen MR) is 121 cm³/mol. The minimum atomic E-state index is -0.464. The number of aryl methyl sites for hydroxylation is 2. The van der Waals surface area contributed by atoms with Crippen LogP contribution in [0.2, 0.25) is 0 Å². The molecule has 4 nitrogen and oxygen atoms in total. The maximum absolute atomic E-state index is 12.4. The first-order valence-corrected chi connectivity index (χ1v) is 11.8. The Kier molecular flexibility index (Phi) is 7.67. The standard InChI is InChI=1S/C23H27NO3S2/c1-16-5-6-20(17(2)13-16)14-24(3)21(25)15-27-22(26)18-7-9-19(10-8-18)23-28-11-4-12-29-23/h5-10,13,23H,4,11-12,14-15H2,1-3H3. The molecule has 2 aromatic carbocycles. The first-order valence-electron chi connectivity index (χ1n) is 9.74. The Morgan fingerprint density at radius 3 is 2.41 bits per heavy atom. The van der Waals surface area contributed by atoms with Crippen molar-refractivity contribution in [1.29, 1.82) is 0 Å². The number of nitrogens with zero attached hydrogens (tertiary/aromatic N) is 1. The molecule has 6 heteroatoms. The van der Waals surface area contributed by atoms with Gasteiger partial charge in [0.25, 0.3) is 5.91 Å². The molecule has 0 unspecified atom stereocenters. The van der Waals surface area contributed by atoms with Gasteiger partial charge in [0.15, 0.2) is 6.61 Å². The minimum absolute atomic E-state index is 0.218. The number of amides is 1. The van der Waals surface area contributed by atoms with Gasteiger partial charge >= 0.3 is 5.97 Å².